The maximum Gasteiger partial charge on any atom is 0.241 e. The fourth-order valence-electron chi connectivity index (χ4n) is 4.58. The monoisotopic (exact) mass is 351 g/mol. The Kier molecular flexibility index (Phi) is 5.23. The molecular weight excluding hydrogens is 318 g/mol. The third kappa shape index (κ3) is 3.70. The number of hydrogen-bond acceptors (Lipinski definition) is 2. The first-order chi connectivity index (χ1) is 10.9. The van der Waals surface area contributed by atoms with Gasteiger partial charge in [-0.25, -0.2) is 13.1 Å². The van der Waals surface area contributed by atoms with Gasteiger partial charge < -0.3 is 0 Å². The summed E-state index contributed by atoms with van der Waals surface area (Å²) in [6, 6.07) is 0.0227. The maximum atomic E-state index is 13.2. The summed E-state index contributed by atoms with van der Waals surface area (Å²) in [5.41, 5.74) is 5.30. The van der Waals surface area contributed by atoms with Crippen LogP contribution in [0.3, 0.4) is 0 Å². The first-order valence-corrected chi connectivity index (χ1v) is 10.4. The van der Waals surface area contributed by atoms with Crippen molar-refractivity contribution in [2.24, 2.45) is 11.3 Å². The zero-order valence-electron chi connectivity index (χ0n) is 16.5. The second-order valence-corrected chi connectivity index (χ2v) is 10.3. The molecule has 0 heterocycles. The van der Waals surface area contributed by atoms with Crippen LogP contribution < -0.4 is 4.72 Å². The lowest BCUT2D eigenvalue weighted by Gasteiger charge is -2.39. The molecule has 0 radical (unpaired) electrons. The molecule has 0 aliphatic heterocycles. The van der Waals surface area contributed by atoms with Crippen LogP contribution in [-0.4, -0.2) is 14.5 Å². The standard InChI is InChI=1S/C20H33NO2S/c1-12-9-18(11-20(7,8)10-12)21-24(22,23)19-16(5)14(3)13(2)15(4)17(19)6/h12,18,21H,9-11H2,1-8H3. The van der Waals surface area contributed by atoms with Crippen molar-refractivity contribution < 1.29 is 8.42 Å². The number of rotatable bonds is 3. The van der Waals surface area contributed by atoms with Gasteiger partial charge in [-0.3, -0.25) is 0 Å². The molecule has 3 nitrogen and oxygen atoms in total. The van der Waals surface area contributed by atoms with Crippen molar-refractivity contribution >= 4 is 10.0 Å². The summed E-state index contributed by atoms with van der Waals surface area (Å²) >= 11 is 0. The molecule has 0 aromatic heterocycles. The number of sulfonamides is 1. The average Bonchev–Trinajstić information content (AvgIpc) is 2.40. The summed E-state index contributed by atoms with van der Waals surface area (Å²) in [7, 11) is -3.51. The third-order valence-electron chi connectivity index (χ3n) is 5.91. The summed E-state index contributed by atoms with van der Waals surface area (Å²) in [6.07, 6.45) is 2.98. The molecule has 24 heavy (non-hydrogen) atoms. The van der Waals surface area contributed by atoms with Crippen LogP contribution in [0.15, 0.2) is 4.90 Å². The predicted molar refractivity (Wildman–Crippen MR) is 101 cm³/mol. The van der Waals surface area contributed by atoms with Gasteiger partial charge in [0.25, 0.3) is 0 Å². The summed E-state index contributed by atoms with van der Waals surface area (Å²) in [6.45, 7) is 16.7. The van der Waals surface area contributed by atoms with Gasteiger partial charge >= 0.3 is 0 Å². The van der Waals surface area contributed by atoms with Gasteiger partial charge in [0.15, 0.2) is 0 Å². The summed E-state index contributed by atoms with van der Waals surface area (Å²) in [4.78, 5) is 0.485. The van der Waals surface area contributed by atoms with Gasteiger partial charge in [0.1, 0.15) is 0 Å². The van der Waals surface area contributed by atoms with Crippen molar-refractivity contribution in [3.8, 4) is 0 Å². The molecule has 4 heteroatoms. The van der Waals surface area contributed by atoms with Crippen LogP contribution >= 0.6 is 0 Å². The van der Waals surface area contributed by atoms with Gasteiger partial charge in [-0.15, -0.1) is 0 Å². The highest BCUT2D eigenvalue weighted by atomic mass is 32.2. The van der Waals surface area contributed by atoms with Crippen LogP contribution in [0.25, 0.3) is 0 Å². The van der Waals surface area contributed by atoms with Crippen LogP contribution in [0.2, 0.25) is 0 Å². The van der Waals surface area contributed by atoms with Gasteiger partial charge in [0.05, 0.1) is 4.90 Å². The average molecular weight is 352 g/mol. The second-order valence-electron chi connectivity index (χ2n) is 8.69. The molecule has 2 unspecified atom stereocenters. The predicted octanol–water partition coefficient (Wildman–Crippen LogP) is 4.72. The van der Waals surface area contributed by atoms with Crippen LogP contribution in [-0.2, 0) is 10.0 Å². The lowest BCUT2D eigenvalue weighted by atomic mass is 9.71. The Bertz CT molecular complexity index is 718. The molecule has 1 aromatic rings. The largest absolute Gasteiger partial charge is 0.241 e. The van der Waals surface area contributed by atoms with Gasteiger partial charge in [-0.05, 0) is 93.0 Å². The SMILES string of the molecule is Cc1c(C)c(C)c(S(=O)(=O)NC2CC(C)CC(C)(C)C2)c(C)c1C. The fraction of sp³-hybridized carbons (Fsp3) is 0.700. The van der Waals surface area contributed by atoms with Gasteiger partial charge in [0, 0.05) is 6.04 Å². The lowest BCUT2D eigenvalue weighted by Crippen LogP contribution is -2.43. The minimum absolute atomic E-state index is 0.0227. The molecule has 0 amide bonds. The van der Waals surface area contributed by atoms with Crippen molar-refractivity contribution in [2.45, 2.75) is 85.6 Å². The second kappa shape index (κ2) is 6.45. The Morgan fingerprint density at radius 1 is 0.875 bits per heavy atom. The molecule has 136 valence electrons. The Morgan fingerprint density at radius 2 is 1.33 bits per heavy atom. The highest BCUT2D eigenvalue weighted by molar-refractivity contribution is 7.89. The van der Waals surface area contributed by atoms with Gasteiger partial charge in [-0.1, -0.05) is 20.8 Å². The van der Waals surface area contributed by atoms with E-state index in [1.807, 2.05) is 27.7 Å². The summed E-state index contributed by atoms with van der Waals surface area (Å²) in [5.74, 6) is 0.546. The number of nitrogens with one attached hydrogen (secondary N) is 1. The van der Waals surface area contributed by atoms with Crippen molar-refractivity contribution in [3.63, 3.8) is 0 Å². The van der Waals surface area contributed by atoms with E-state index in [9.17, 15) is 8.42 Å². The molecule has 1 fully saturated rings. The molecular formula is C20H33NO2S. The van der Waals surface area contributed by atoms with E-state index in [-0.39, 0.29) is 11.5 Å². The zero-order chi connectivity index (χ0) is 18.4. The lowest BCUT2D eigenvalue weighted by molar-refractivity contribution is 0.163. The normalized spacial score (nSPS) is 24.2. The Labute approximate surface area is 148 Å². The molecule has 1 saturated carbocycles. The molecule has 2 rings (SSSR count). The van der Waals surface area contributed by atoms with E-state index < -0.39 is 10.0 Å². The molecule has 0 bridgehead atoms. The van der Waals surface area contributed by atoms with Crippen LogP contribution in [0, 0.1) is 46.0 Å². The van der Waals surface area contributed by atoms with E-state index in [4.69, 9.17) is 0 Å². The third-order valence-corrected chi connectivity index (χ3v) is 7.70. The summed E-state index contributed by atoms with van der Waals surface area (Å²) in [5, 5.41) is 0. The van der Waals surface area contributed by atoms with E-state index in [2.05, 4.69) is 32.4 Å². The topological polar surface area (TPSA) is 46.2 Å². The maximum absolute atomic E-state index is 13.2. The highest BCUT2D eigenvalue weighted by Gasteiger charge is 2.35. The van der Waals surface area contributed by atoms with E-state index in [1.165, 1.54) is 5.56 Å². The summed E-state index contributed by atoms with van der Waals surface area (Å²) < 4.78 is 29.4. The fourth-order valence-corrected chi connectivity index (χ4v) is 6.43. The van der Waals surface area contributed by atoms with Crippen molar-refractivity contribution in [1.29, 1.82) is 0 Å². The van der Waals surface area contributed by atoms with E-state index in [1.54, 1.807) is 0 Å². The molecule has 1 aliphatic rings. The highest BCUT2D eigenvalue weighted by Crippen LogP contribution is 2.39. The zero-order valence-corrected chi connectivity index (χ0v) is 17.3. The van der Waals surface area contributed by atoms with Crippen LogP contribution in [0.5, 0.6) is 0 Å². The van der Waals surface area contributed by atoms with Crippen LogP contribution in [0.1, 0.15) is 67.9 Å². The molecule has 0 spiro atoms. The minimum Gasteiger partial charge on any atom is -0.208 e. The first-order valence-electron chi connectivity index (χ1n) is 8.95. The molecule has 1 aromatic carbocycles. The van der Waals surface area contributed by atoms with Crippen LogP contribution in [0.4, 0.5) is 0 Å². The smallest absolute Gasteiger partial charge is 0.208 e. The Hall–Kier alpha value is -0.870. The molecule has 2 atom stereocenters. The van der Waals surface area contributed by atoms with Crippen molar-refractivity contribution in [1.82, 2.24) is 4.72 Å². The van der Waals surface area contributed by atoms with Crippen molar-refractivity contribution in [3.05, 3.63) is 27.8 Å². The Balaban J connectivity index is 2.42. The Morgan fingerprint density at radius 3 is 1.79 bits per heavy atom. The van der Waals surface area contributed by atoms with Crippen molar-refractivity contribution in [2.75, 3.05) is 0 Å². The first kappa shape index (κ1) is 19.5. The number of benzene rings is 1. The molecule has 1 aliphatic carbocycles. The number of hydrogen-bond donors (Lipinski definition) is 1. The van der Waals surface area contributed by atoms with E-state index in [0.717, 1.165) is 41.5 Å². The molecule has 1 N–H and O–H groups in total. The minimum atomic E-state index is -3.51. The van der Waals surface area contributed by atoms with E-state index in [0.29, 0.717) is 10.8 Å². The van der Waals surface area contributed by atoms with Gasteiger partial charge in [0.2, 0.25) is 10.0 Å². The van der Waals surface area contributed by atoms with E-state index >= 15 is 0 Å². The van der Waals surface area contributed by atoms with Gasteiger partial charge in [-0.2, -0.15) is 0 Å². The quantitative estimate of drug-likeness (QED) is 0.856. The molecule has 0 saturated heterocycles.